The van der Waals surface area contributed by atoms with Crippen molar-refractivity contribution in [3.8, 4) is 0 Å². The number of sulfone groups is 2. The Hall–Kier alpha value is -3.68. The van der Waals surface area contributed by atoms with Crippen LogP contribution in [0.2, 0.25) is 0 Å². The first-order valence-electron chi connectivity index (χ1n) is 26.2. The maximum Gasteiger partial charge on any atom is 0.209 e. The molecule has 0 aromatic heterocycles. The lowest BCUT2D eigenvalue weighted by Gasteiger charge is -2.29. The molecule has 3 aromatic carbocycles. The molecule has 70 heavy (non-hydrogen) atoms. The molecule has 3 aromatic rings. The van der Waals surface area contributed by atoms with E-state index in [0.717, 1.165) is 103 Å². The standard InChI is InChI=1S/C58H84N3O6S3/c1-13-16-19-22-25-34-59-50-31-28-44(68-67-66-10)40-47(50)56(4,5)53(59)37-43(38-54-57(6,7)48-41-45(69(11,62)63)29-32-51(48)60(54)35-26-23-20-17-14-2)39-55-58(8,9)49-42-46(70(12,64)65)30-33-52(49)61(55)36-27-24-21-18-15-3/h28-33,37-42H,13-27,34-36H2,1-12H3/q+1. The molecule has 3 aliphatic heterocycles. The highest BCUT2D eigenvalue weighted by molar-refractivity contribution is 7.94. The zero-order valence-electron chi connectivity index (χ0n) is 44.7. The first kappa shape index (κ1) is 55.6. The van der Waals surface area contributed by atoms with E-state index in [1.54, 1.807) is 12.1 Å². The molecule has 0 radical (unpaired) electrons. The molecule has 0 N–H and O–H groups in total. The van der Waals surface area contributed by atoms with Gasteiger partial charge in [-0.2, -0.15) is 8.91 Å². The van der Waals surface area contributed by atoms with Crippen molar-refractivity contribution in [2.75, 3.05) is 49.1 Å². The minimum absolute atomic E-state index is 0.332. The lowest BCUT2D eigenvalue weighted by atomic mass is 9.79. The molecule has 0 fully saturated rings. The molecule has 12 heteroatoms. The van der Waals surface area contributed by atoms with Gasteiger partial charge in [0.2, 0.25) is 5.69 Å². The number of anilines is 2. The molecule has 3 heterocycles. The zero-order chi connectivity index (χ0) is 51.1. The normalized spacial score (nSPS) is 18.4. The highest BCUT2D eigenvalue weighted by atomic mass is 32.2. The molecule has 0 saturated heterocycles. The van der Waals surface area contributed by atoms with Gasteiger partial charge in [-0.25, -0.2) is 21.7 Å². The van der Waals surface area contributed by atoms with Crippen LogP contribution in [0.25, 0.3) is 0 Å². The van der Waals surface area contributed by atoms with E-state index < -0.39 is 35.9 Å². The Morgan fingerprint density at radius 2 is 1.04 bits per heavy atom. The summed E-state index contributed by atoms with van der Waals surface area (Å²) in [6, 6.07) is 18.0. The predicted octanol–water partition coefficient (Wildman–Crippen LogP) is 14.7. The number of hydrogen-bond donors (Lipinski definition) is 0. The SMILES string of the molecule is CCCCCCCN1C(=CC(=CC2=[N+](CCCCCCC)c3ccc(SOOC)cc3C2(C)C)/C=C2\N(CCCCCCC)c3ccc(S(C)(=O)=O)cc3C2(C)C)C(C)(C)c2cc(S(C)(=O)=O)ccc21. The van der Waals surface area contributed by atoms with Crippen LogP contribution in [0.4, 0.5) is 17.1 Å². The van der Waals surface area contributed by atoms with E-state index in [1.165, 1.54) is 106 Å². The Balaban J connectivity index is 1.64. The van der Waals surface area contributed by atoms with Crippen molar-refractivity contribution in [1.29, 1.82) is 0 Å². The van der Waals surface area contributed by atoms with Crippen molar-refractivity contribution >= 4 is 54.5 Å². The Labute approximate surface area is 427 Å². The van der Waals surface area contributed by atoms with Crippen molar-refractivity contribution in [3.05, 3.63) is 106 Å². The van der Waals surface area contributed by atoms with Gasteiger partial charge in [0.1, 0.15) is 6.54 Å². The van der Waals surface area contributed by atoms with Gasteiger partial charge in [0, 0.05) is 88.2 Å². The number of benzene rings is 3. The zero-order valence-corrected chi connectivity index (χ0v) is 47.1. The van der Waals surface area contributed by atoms with Crippen molar-refractivity contribution in [2.24, 2.45) is 0 Å². The topological polar surface area (TPSA) is 96.2 Å². The third-order valence-electron chi connectivity index (χ3n) is 15.0. The van der Waals surface area contributed by atoms with Crippen LogP contribution in [0.3, 0.4) is 0 Å². The number of allylic oxidation sites excluding steroid dienone is 6. The average Bonchev–Trinajstić information content (AvgIpc) is 3.74. The predicted molar refractivity (Wildman–Crippen MR) is 294 cm³/mol. The highest BCUT2D eigenvalue weighted by Crippen LogP contribution is 2.52. The smallest absolute Gasteiger partial charge is 0.209 e. The number of hydrogen-bond acceptors (Lipinski definition) is 9. The van der Waals surface area contributed by atoms with Crippen LogP contribution in [0, 0.1) is 0 Å². The van der Waals surface area contributed by atoms with E-state index in [4.69, 9.17) is 9.22 Å². The fraction of sp³-hybridized carbons (Fsp3) is 0.569. The van der Waals surface area contributed by atoms with Gasteiger partial charge in [0.25, 0.3) is 0 Å². The molecule has 0 atom stereocenters. The maximum atomic E-state index is 13.1. The number of rotatable bonds is 26. The fourth-order valence-corrected chi connectivity index (χ4v) is 12.6. The summed E-state index contributed by atoms with van der Waals surface area (Å²) in [5.41, 5.74) is 9.56. The minimum Gasteiger partial charge on any atom is -0.344 e. The Kier molecular flexibility index (Phi) is 18.6. The Morgan fingerprint density at radius 3 is 1.49 bits per heavy atom. The van der Waals surface area contributed by atoms with Crippen LogP contribution < -0.4 is 9.80 Å². The van der Waals surface area contributed by atoms with Crippen LogP contribution >= 0.6 is 12.0 Å². The van der Waals surface area contributed by atoms with Gasteiger partial charge in [-0.05, 0) is 110 Å². The van der Waals surface area contributed by atoms with Gasteiger partial charge in [-0.1, -0.05) is 119 Å². The Morgan fingerprint density at radius 1 is 0.586 bits per heavy atom. The summed E-state index contributed by atoms with van der Waals surface area (Å²) in [6.45, 7) is 22.8. The largest absolute Gasteiger partial charge is 0.344 e. The summed E-state index contributed by atoms with van der Waals surface area (Å²) in [7, 11) is -5.39. The number of fused-ring (bicyclic) bond motifs is 3. The monoisotopic (exact) mass is 1010 g/mol. The minimum atomic E-state index is -3.46. The molecule has 0 amide bonds. The second-order valence-electron chi connectivity index (χ2n) is 21.6. The van der Waals surface area contributed by atoms with Crippen LogP contribution in [-0.4, -0.2) is 66.4 Å². The second-order valence-corrected chi connectivity index (χ2v) is 26.4. The molecule has 0 spiro atoms. The van der Waals surface area contributed by atoms with Gasteiger partial charge in [0.15, 0.2) is 25.4 Å². The molecule has 0 aliphatic carbocycles. The molecule has 0 unspecified atom stereocenters. The summed E-state index contributed by atoms with van der Waals surface area (Å²) >= 11 is 1.22. The second kappa shape index (κ2) is 23.5. The number of unbranched alkanes of at least 4 members (excludes halogenated alkanes) is 12. The molecular weight excluding hydrogens is 931 g/mol. The van der Waals surface area contributed by atoms with Crippen molar-refractivity contribution in [1.82, 2.24) is 0 Å². The fourth-order valence-electron chi connectivity index (χ4n) is 10.9. The van der Waals surface area contributed by atoms with Gasteiger partial charge in [-0.15, -0.1) is 0 Å². The van der Waals surface area contributed by atoms with Crippen LogP contribution in [-0.2, 0) is 45.1 Å². The van der Waals surface area contributed by atoms with Gasteiger partial charge in [0.05, 0.1) is 34.4 Å². The third kappa shape index (κ3) is 12.4. The molecule has 6 rings (SSSR count). The summed E-state index contributed by atoms with van der Waals surface area (Å²) in [6.07, 6.45) is 27.0. The molecule has 3 aliphatic rings. The first-order valence-corrected chi connectivity index (χ1v) is 30.7. The lowest BCUT2D eigenvalue weighted by Crippen LogP contribution is -2.30. The van der Waals surface area contributed by atoms with Crippen molar-refractivity contribution in [2.45, 2.75) is 190 Å². The van der Waals surface area contributed by atoms with Gasteiger partial charge >= 0.3 is 0 Å². The summed E-state index contributed by atoms with van der Waals surface area (Å²) in [5, 5.41) is 0. The van der Waals surface area contributed by atoms with E-state index in [0.29, 0.717) is 9.79 Å². The quantitative estimate of drug-likeness (QED) is 0.0256. The van der Waals surface area contributed by atoms with Crippen LogP contribution in [0.5, 0.6) is 0 Å². The molecular formula is C58H84N3O6S3+. The third-order valence-corrected chi connectivity index (χ3v) is 17.9. The number of nitrogens with zero attached hydrogens (tertiary/aromatic N) is 3. The average molecular weight is 1020 g/mol. The highest BCUT2D eigenvalue weighted by Gasteiger charge is 2.46. The van der Waals surface area contributed by atoms with Crippen molar-refractivity contribution < 1.29 is 30.6 Å². The lowest BCUT2D eigenvalue weighted by molar-refractivity contribution is -0.438. The van der Waals surface area contributed by atoms with E-state index in [1.807, 2.05) is 24.3 Å². The summed E-state index contributed by atoms with van der Waals surface area (Å²) < 4.78 is 60.4. The molecule has 0 saturated carbocycles. The van der Waals surface area contributed by atoms with Gasteiger partial charge in [-0.3, -0.25) is 0 Å². The molecule has 384 valence electrons. The van der Waals surface area contributed by atoms with Crippen LogP contribution in [0.1, 0.15) is 175 Å². The molecule has 9 nitrogen and oxygen atoms in total. The van der Waals surface area contributed by atoms with E-state index in [-0.39, 0.29) is 0 Å². The molecule has 0 bridgehead atoms. The van der Waals surface area contributed by atoms with Crippen molar-refractivity contribution in [3.63, 3.8) is 0 Å². The van der Waals surface area contributed by atoms with E-state index >= 15 is 0 Å². The van der Waals surface area contributed by atoms with Crippen LogP contribution in [0.15, 0.2) is 104 Å². The Bertz CT molecular complexity index is 2560. The van der Waals surface area contributed by atoms with E-state index in [9.17, 15) is 16.8 Å². The summed E-state index contributed by atoms with van der Waals surface area (Å²) in [4.78, 5) is 11.6. The summed E-state index contributed by atoms with van der Waals surface area (Å²) in [5.74, 6) is 0. The van der Waals surface area contributed by atoms with E-state index in [2.05, 4.69) is 113 Å². The van der Waals surface area contributed by atoms with Gasteiger partial charge < -0.3 is 9.80 Å². The maximum absolute atomic E-state index is 13.1. The first-order chi connectivity index (χ1) is 33.1.